The Kier molecular flexibility index (Phi) is 4.16. The molecule has 3 aromatic rings. The summed E-state index contributed by atoms with van der Waals surface area (Å²) in [7, 11) is 0. The molecule has 0 atom stereocenters. The predicted molar refractivity (Wildman–Crippen MR) is 104 cm³/mol. The van der Waals surface area contributed by atoms with Gasteiger partial charge in [0.25, 0.3) is 0 Å². The minimum Gasteiger partial charge on any atom is -0.472 e. The maximum atomic E-state index is 11.9. The molecule has 134 valence electrons. The molecular weight excluding hydrogens is 350 g/mol. The zero-order valence-corrected chi connectivity index (χ0v) is 15.8. The molecule has 0 unspecified atom stereocenters. The molecule has 26 heavy (non-hydrogen) atoms. The number of nitrogens with zero attached hydrogens (tertiary/aromatic N) is 1. The van der Waals surface area contributed by atoms with Crippen molar-refractivity contribution < 1.29 is 9.15 Å². The van der Waals surface area contributed by atoms with E-state index in [4.69, 9.17) is 20.8 Å². The SMILES string of the molecule is CCc1cc(=O)oc2c(C)c3c(cc12)CN(c1cc(Cl)ccc1C)CO3. The van der Waals surface area contributed by atoms with Gasteiger partial charge in [-0.15, -0.1) is 0 Å². The second-order valence-electron chi connectivity index (χ2n) is 6.71. The molecule has 4 nitrogen and oxygen atoms in total. The van der Waals surface area contributed by atoms with Crippen molar-refractivity contribution in [2.45, 2.75) is 33.7 Å². The third-order valence-electron chi connectivity index (χ3n) is 5.00. The Morgan fingerprint density at radius 3 is 2.77 bits per heavy atom. The van der Waals surface area contributed by atoms with Crippen molar-refractivity contribution in [1.29, 1.82) is 0 Å². The lowest BCUT2D eigenvalue weighted by molar-refractivity contribution is 0.287. The van der Waals surface area contributed by atoms with Gasteiger partial charge < -0.3 is 14.1 Å². The summed E-state index contributed by atoms with van der Waals surface area (Å²) in [6, 6.07) is 9.55. The fourth-order valence-corrected chi connectivity index (χ4v) is 3.82. The molecule has 0 radical (unpaired) electrons. The number of benzene rings is 2. The van der Waals surface area contributed by atoms with E-state index in [1.165, 1.54) is 0 Å². The molecule has 5 heteroatoms. The lowest BCUT2D eigenvalue weighted by Crippen LogP contribution is -2.32. The zero-order valence-electron chi connectivity index (χ0n) is 15.1. The van der Waals surface area contributed by atoms with Gasteiger partial charge in [0.15, 0.2) is 6.73 Å². The molecule has 0 fully saturated rings. The van der Waals surface area contributed by atoms with Crippen LogP contribution in [0.4, 0.5) is 5.69 Å². The van der Waals surface area contributed by atoms with Crippen LogP contribution in [0.1, 0.15) is 29.2 Å². The van der Waals surface area contributed by atoms with E-state index in [-0.39, 0.29) is 5.63 Å². The van der Waals surface area contributed by atoms with Crippen molar-refractivity contribution >= 4 is 28.3 Å². The number of hydrogen-bond donors (Lipinski definition) is 0. The largest absolute Gasteiger partial charge is 0.472 e. The summed E-state index contributed by atoms with van der Waals surface area (Å²) in [5, 5.41) is 1.69. The van der Waals surface area contributed by atoms with Gasteiger partial charge in [-0.05, 0) is 49.6 Å². The zero-order chi connectivity index (χ0) is 18.4. The van der Waals surface area contributed by atoms with Crippen LogP contribution in [0, 0.1) is 13.8 Å². The van der Waals surface area contributed by atoms with Gasteiger partial charge >= 0.3 is 5.63 Å². The molecule has 1 aromatic heterocycles. The number of aryl methyl sites for hydroxylation is 3. The van der Waals surface area contributed by atoms with Crippen LogP contribution >= 0.6 is 11.6 Å². The fraction of sp³-hybridized carbons (Fsp3) is 0.286. The van der Waals surface area contributed by atoms with Crippen LogP contribution in [0.3, 0.4) is 0 Å². The molecule has 2 heterocycles. The van der Waals surface area contributed by atoms with Gasteiger partial charge in [-0.1, -0.05) is 24.6 Å². The van der Waals surface area contributed by atoms with E-state index in [1.807, 2.05) is 32.0 Å². The standard InChI is InChI=1S/C21H20ClNO3/c1-4-14-8-19(24)26-21-13(3)20-15(7-17(14)21)10-23(11-25-20)18-9-16(22)6-5-12(18)2/h5-9H,4,10-11H2,1-3H3. The van der Waals surface area contributed by atoms with E-state index in [2.05, 4.69) is 17.9 Å². The summed E-state index contributed by atoms with van der Waals surface area (Å²) in [5.74, 6) is 0.810. The quantitative estimate of drug-likeness (QED) is 0.597. The van der Waals surface area contributed by atoms with Crippen LogP contribution in [-0.2, 0) is 13.0 Å². The average molecular weight is 370 g/mol. The van der Waals surface area contributed by atoms with Crippen LogP contribution in [0.15, 0.2) is 39.5 Å². The van der Waals surface area contributed by atoms with Gasteiger partial charge in [-0.25, -0.2) is 4.79 Å². The number of hydrogen-bond acceptors (Lipinski definition) is 4. The first-order valence-corrected chi connectivity index (χ1v) is 9.09. The van der Waals surface area contributed by atoms with Crippen LogP contribution in [-0.4, -0.2) is 6.73 Å². The molecule has 0 amide bonds. The summed E-state index contributed by atoms with van der Waals surface area (Å²) < 4.78 is 11.5. The van der Waals surface area contributed by atoms with Crippen molar-refractivity contribution in [3.63, 3.8) is 0 Å². The maximum absolute atomic E-state index is 11.9. The van der Waals surface area contributed by atoms with Gasteiger partial charge in [0.1, 0.15) is 11.3 Å². The Bertz CT molecular complexity index is 1070. The molecule has 0 N–H and O–H groups in total. The Balaban J connectivity index is 1.84. The van der Waals surface area contributed by atoms with Crippen LogP contribution in [0.5, 0.6) is 5.75 Å². The van der Waals surface area contributed by atoms with Gasteiger partial charge in [0.05, 0.1) is 0 Å². The Labute approximate surface area is 156 Å². The van der Waals surface area contributed by atoms with Crippen molar-refractivity contribution in [1.82, 2.24) is 0 Å². The Hall–Kier alpha value is -2.46. The molecule has 1 aliphatic heterocycles. The van der Waals surface area contributed by atoms with E-state index in [0.717, 1.165) is 52.0 Å². The minimum atomic E-state index is -0.315. The number of anilines is 1. The van der Waals surface area contributed by atoms with Crippen LogP contribution in [0.2, 0.25) is 5.02 Å². The first-order chi connectivity index (χ1) is 12.5. The Morgan fingerprint density at radius 1 is 1.19 bits per heavy atom. The topological polar surface area (TPSA) is 42.7 Å². The smallest absolute Gasteiger partial charge is 0.336 e. The highest BCUT2D eigenvalue weighted by atomic mass is 35.5. The normalized spacial score (nSPS) is 13.6. The summed E-state index contributed by atoms with van der Waals surface area (Å²) in [6.45, 7) is 7.20. The van der Waals surface area contributed by atoms with E-state index >= 15 is 0 Å². The van der Waals surface area contributed by atoms with Crippen molar-refractivity contribution in [3.05, 3.63) is 68.0 Å². The highest BCUT2D eigenvalue weighted by molar-refractivity contribution is 6.30. The lowest BCUT2D eigenvalue weighted by atomic mass is 9.99. The molecule has 1 aliphatic rings. The monoisotopic (exact) mass is 369 g/mol. The molecule has 4 rings (SSSR count). The van der Waals surface area contributed by atoms with Crippen molar-refractivity contribution in [2.24, 2.45) is 0 Å². The van der Waals surface area contributed by atoms with Gasteiger partial charge in [-0.3, -0.25) is 0 Å². The summed E-state index contributed by atoms with van der Waals surface area (Å²) in [4.78, 5) is 14.0. The maximum Gasteiger partial charge on any atom is 0.336 e. The van der Waals surface area contributed by atoms with E-state index in [0.29, 0.717) is 17.3 Å². The fourth-order valence-electron chi connectivity index (χ4n) is 3.65. The summed E-state index contributed by atoms with van der Waals surface area (Å²) >= 11 is 6.18. The number of halogens is 1. The second kappa shape index (κ2) is 6.36. The highest BCUT2D eigenvalue weighted by Crippen LogP contribution is 2.37. The minimum absolute atomic E-state index is 0.315. The molecule has 2 aromatic carbocycles. The summed E-state index contributed by atoms with van der Waals surface area (Å²) in [5.41, 5.74) is 5.50. The first-order valence-electron chi connectivity index (χ1n) is 8.71. The average Bonchev–Trinajstić information content (AvgIpc) is 2.63. The van der Waals surface area contributed by atoms with Gasteiger partial charge in [0.2, 0.25) is 0 Å². The molecular formula is C21H20ClNO3. The number of rotatable bonds is 2. The van der Waals surface area contributed by atoms with Crippen molar-refractivity contribution in [3.8, 4) is 5.75 Å². The highest BCUT2D eigenvalue weighted by Gasteiger charge is 2.24. The third-order valence-corrected chi connectivity index (χ3v) is 5.23. The molecule has 0 aliphatic carbocycles. The lowest BCUT2D eigenvalue weighted by Gasteiger charge is -2.33. The molecule has 0 saturated carbocycles. The van der Waals surface area contributed by atoms with Crippen LogP contribution in [0.25, 0.3) is 11.0 Å². The molecule has 0 spiro atoms. The van der Waals surface area contributed by atoms with Crippen molar-refractivity contribution in [2.75, 3.05) is 11.6 Å². The van der Waals surface area contributed by atoms with E-state index in [9.17, 15) is 4.79 Å². The third kappa shape index (κ3) is 2.74. The van der Waals surface area contributed by atoms with E-state index < -0.39 is 0 Å². The first kappa shape index (κ1) is 17.0. The number of fused-ring (bicyclic) bond motifs is 2. The molecule has 0 saturated heterocycles. The summed E-state index contributed by atoms with van der Waals surface area (Å²) in [6.07, 6.45) is 0.776. The van der Waals surface area contributed by atoms with Gasteiger partial charge in [-0.2, -0.15) is 0 Å². The van der Waals surface area contributed by atoms with Crippen LogP contribution < -0.4 is 15.3 Å². The van der Waals surface area contributed by atoms with Gasteiger partial charge in [0, 0.05) is 39.8 Å². The molecule has 0 bridgehead atoms. The predicted octanol–water partition coefficient (Wildman–Crippen LogP) is 4.98. The van der Waals surface area contributed by atoms with E-state index in [1.54, 1.807) is 6.07 Å². The number of ether oxygens (including phenoxy) is 1. The Morgan fingerprint density at radius 2 is 2.00 bits per heavy atom. The second-order valence-corrected chi connectivity index (χ2v) is 7.15.